The van der Waals surface area contributed by atoms with Crippen LogP contribution in [-0.2, 0) is 0 Å². The molecule has 0 heterocycles. The van der Waals surface area contributed by atoms with Crippen molar-refractivity contribution in [2.24, 2.45) is 0 Å². The zero-order chi connectivity index (χ0) is 12.8. The summed E-state index contributed by atoms with van der Waals surface area (Å²) >= 11 is 3.20. The predicted molar refractivity (Wildman–Crippen MR) is 70.5 cm³/mol. The molecule has 0 aliphatic heterocycles. The summed E-state index contributed by atoms with van der Waals surface area (Å²) in [6.45, 7) is 6.79. The number of halogens is 2. The molecule has 0 saturated heterocycles. The number of carbonyl (C=O) groups excluding carboxylic acids is 1. The minimum atomic E-state index is -0.362. The van der Waals surface area contributed by atoms with Gasteiger partial charge in [0.2, 0.25) is 0 Å². The zero-order valence-electron chi connectivity index (χ0n) is 9.75. The van der Waals surface area contributed by atoms with E-state index in [9.17, 15) is 9.18 Å². The topological polar surface area (TPSA) is 20.3 Å². The van der Waals surface area contributed by atoms with Gasteiger partial charge in [-0.25, -0.2) is 4.39 Å². The fourth-order valence-corrected chi connectivity index (χ4v) is 2.06. The molecule has 0 aliphatic carbocycles. The van der Waals surface area contributed by atoms with E-state index in [4.69, 9.17) is 0 Å². The molecule has 1 rings (SSSR count). The minimum absolute atomic E-state index is 0.112. The van der Waals surface area contributed by atoms with E-state index in [1.165, 1.54) is 18.2 Å². The van der Waals surface area contributed by atoms with E-state index in [1.54, 1.807) is 11.0 Å². The normalized spacial score (nSPS) is 10.1. The molecule has 0 fully saturated rings. The molecule has 4 heteroatoms. The van der Waals surface area contributed by atoms with Crippen LogP contribution in [0.2, 0.25) is 0 Å². The third-order valence-electron chi connectivity index (χ3n) is 2.29. The van der Waals surface area contributed by atoms with Crippen LogP contribution >= 0.6 is 15.9 Å². The van der Waals surface area contributed by atoms with Crippen LogP contribution in [0.4, 0.5) is 4.39 Å². The average Bonchev–Trinajstić information content (AvgIpc) is 2.28. The second kappa shape index (κ2) is 6.55. The van der Waals surface area contributed by atoms with Crippen molar-refractivity contribution in [3.8, 4) is 0 Å². The molecule has 0 spiro atoms. The summed E-state index contributed by atoms with van der Waals surface area (Å²) in [6, 6.07) is 4.08. The van der Waals surface area contributed by atoms with Gasteiger partial charge in [0.05, 0.1) is 5.56 Å². The van der Waals surface area contributed by atoms with Crippen molar-refractivity contribution in [2.45, 2.75) is 13.3 Å². The van der Waals surface area contributed by atoms with Crippen LogP contribution in [0.3, 0.4) is 0 Å². The van der Waals surface area contributed by atoms with Crippen molar-refractivity contribution in [1.29, 1.82) is 0 Å². The summed E-state index contributed by atoms with van der Waals surface area (Å²) in [4.78, 5) is 13.9. The van der Waals surface area contributed by atoms with E-state index in [2.05, 4.69) is 22.5 Å². The van der Waals surface area contributed by atoms with Crippen molar-refractivity contribution in [2.75, 3.05) is 13.1 Å². The quantitative estimate of drug-likeness (QED) is 0.760. The average molecular weight is 300 g/mol. The molecule has 0 saturated carbocycles. The Labute approximate surface area is 109 Å². The lowest BCUT2D eigenvalue weighted by molar-refractivity contribution is 0.0773. The van der Waals surface area contributed by atoms with Crippen molar-refractivity contribution in [1.82, 2.24) is 4.90 Å². The van der Waals surface area contributed by atoms with Gasteiger partial charge >= 0.3 is 0 Å². The predicted octanol–water partition coefficient (Wildman–Crippen LogP) is 3.63. The number of carbonyl (C=O) groups is 1. The first kappa shape index (κ1) is 13.9. The summed E-state index contributed by atoms with van der Waals surface area (Å²) in [5.41, 5.74) is 0.474. The highest BCUT2D eigenvalue weighted by Crippen LogP contribution is 2.19. The van der Waals surface area contributed by atoms with Crippen LogP contribution in [0.5, 0.6) is 0 Å². The van der Waals surface area contributed by atoms with Crippen LogP contribution < -0.4 is 0 Å². The number of rotatable bonds is 5. The summed E-state index contributed by atoms with van der Waals surface area (Å²) in [5, 5.41) is 0. The third-order valence-corrected chi connectivity index (χ3v) is 2.95. The summed E-state index contributed by atoms with van der Waals surface area (Å²) < 4.78 is 13.4. The Morgan fingerprint density at radius 3 is 2.82 bits per heavy atom. The highest BCUT2D eigenvalue weighted by Gasteiger charge is 2.16. The van der Waals surface area contributed by atoms with Gasteiger partial charge in [0.1, 0.15) is 5.82 Å². The second-order valence-corrected chi connectivity index (χ2v) is 4.52. The first-order chi connectivity index (χ1) is 8.10. The maximum atomic E-state index is 12.9. The van der Waals surface area contributed by atoms with Gasteiger partial charge in [-0.1, -0.05) is 13.0 Å². The van der Waals surface area contributed by atoms with Gasteiger partial charge in [-0.15, -0.1) is 6.58 Å². The van der Waals surface area contributed by atoms with E-state index in [0.717, 1.165) is 6.42 Å². The lowest BCUT2D eigenvalue weighted by atomic mass is 10.2. The Morgan fingerprint density at radius 1 is 1.59 bits per heavy atom. The van der Waals surface area contributed by atoms with Gasteiger partial charge in [-0.3, -0.25) is 4.79 Å². The number of nitrogens with zero attached hydrogens (tertiary/aromatic N) is 1. The third kappa shape index (κ3) is 3.66. The maximum Gasteiger partial charge on any atom is 0.255 e. The second-order valence-electron chi connectivity index (χ2n) is 3.66. The molecule has 0 bridgehead atoms. The van der Waals surface area contributed by atoms with Gasteiger partial charge in [0.25, 0.3) is 5.91 Å². The van der Waals surface area contributed by atoms with Gasteiger partial charge in [-0.05, 0) is 40.5 Å². The molecule has 0 aliphatic rings. The number of hydrogen-bond donors (Lipinski definition) is 0. The number of benzene rings is 1. The van der Waals surface area contributed by atoms with Gasteiger partial charge in [0.15, 0.2) is 0 Å². The highest BCUT2D eigenvalue weighted by atomic mass is 79.9. The van der Waals surface area contributed by atoms with Gasteiger partial charge in [-0.2, -0.15) is 0 Å². The van der Waals surface area contributed by atoms with E-state index in [1.807, 2.05) is 6.92 Å². The molecule has 2 nitrogen and oxygen atoms in total. The molecular weight excluding hydrogens is 285 g/mol. The monoisotopic (exact) mass is 299 g/mol. The standard InChI is InChI=1S/C13H15BrFNO/c1-3-7-16(8-4-2)13(17)11-6-5-10(15)9-12(11)14/h3,5-6,9H,1,4,7-8H2,2H3. The molecule has 1 aromatic rings. The smallest absolute Gasteiger partial charge is 0.255 e. The van der Waals surface area contributed by atoms with Crippen molar-refractivity contribution < 1.29 is 9.18 Å². The molecule has 1 amide bonds. The van der Waals surface area contributed by atoms with E-state index >= 15 is 0 Å². The largest absolute Gasteiger partial charge is 0.335 e. The summed E-state index contributed by atoms with van der Waals surface area (Å²) in [5.74, 6) is -0.474. The first-order valence-corrected chi connectivity index (χ1v) is 6.24. The summed E-state index contributed by atoms with van der Waals surface area (Å²) in [6.07, 6.45) is 2.56. The molecule has 1 aromatic carbocycles. The lowest BCUT2D eigenvalue weighted by Crippen LogP contribution is -2.32. The maximum absolute atomic E-state index is 12.9. The van der Waals surface area contributed by atoms with Gasteiger partial charge in [0, 0.05) is 17.6 Å². The Hall–Kier alpha value is -1.16. The van der Waals surface area contributed by atoms with E-state index in [0.29, 0.717) is 23.1 Å². The Morgan fingerprint density at radius 2 is 2.29 bits per heavy atom. The van der Waals surface area contributed by atoms with Crippen molar-refractivity contribution in [3.63, 3.8) is 0 Å². The van der Waals surface area contributed by atoms with Crippen molar-refractivity contribution >= 4 is 21.8 Å². The SMILES string of the molecule is C=CCN(CCC)C(=O)c1ccc(F)cc1Br. The Kier molecular flexibility index (Phi) is 5.35. The molecule has 0 radical (unpaired) electrons. The number of amides is 1. The first-order valence-electron chi connectivity index (χ1n) is 5.45. The molecule has 0 N–H and O–H groups in total. The molecule has 0 unspecified atom stereocenters. The molecule has 0 atom stereocenters. The van der Waals surface area contributed by atoms with Crippen LogP contribution in [0.15, 0.2) is 35.3 Å². The fraction of sp³-hybridized carbons (Fsp3) is 0.308. The van der Waals surface area contributed by atoms with E-state index < -0.39 is 0 Å². The number of hydrogen-bond acceptors (Lipinski definition) is 1. The zero-order valence-corrected chi connectivity index (χ0v) is 11.3. The van der Waals surface area contributed by atoms with Gasteiger partial charge < -0.3 is 4.90 Å². The molecule has 0 aromatic heterocycles. The fourth-order valence-electron chi connectivity index (χ4n) is 1.53. The highest BCUT2D eigenvalue weighted by molar-refractivity contribution is 9.10. The Bertz CT molecular complexity index is 420. The molecule has 17 heavy (non-hydrogen) atoms. The molecule has 92 valence electrons. The van der Waals surface area contributed by atoms with Crippen molar-refractivity contribution in [3.05, 3.63) is 46.7 Å². The van der Waals surface area contributed by atoms with Crippen LogP contribution in [0.25, 0.3) is 0 Å². The summed E-state index contributed by atoms with van der Waals surface area (Å²) in [7, 11) is 0. The minimum Gasteiger partial charge on any atom is -0.335 e. The Balaban J connectivity index is 2.96. The van der Waals surface area contributed by atoms with Crippen LogP contribution in [0.1, 0.15) is 23.7 Å². The van der Waals surface area contributed by atoms with Crippen LogP contribution in [0, 0.1) is 5.82 Å². The lowest BCUT2D eigenvalue weighted by Gasteiger charge is -2.21. The van der Waals surface area contributed by atoms with E-state index in [-0.39, 0.29) is 11.7 Å². The van der Waals surface area contributed by atoms with Crippen LogP contribution in [-0.4, -0.2) is 23.9 Å². The molecular formula is C13H15BrFNO.